The van der Waals surface area contributed by atoms with Gasteiger partial charge in [-0.25, -0.2) is 0 Å². The van der Waals surface area contributed by atoms with E-state index in [9.17, 15) is 4.79 Å². The number of nitrogens with zero attached hydrogens (tertiary/aromatic N) is 1. The van der Waals surface area contributed by atoms with Gasteiger partial charge in [-0.3, -0.25) is 4.79 Å². The third-order valence-electron chi connectivity index (χ3n) is 5.02. The summed E-state index contributed by atoms with van der Waals surface area (Å²) in [4.78, 5) is 11.1. The standard InChI is InChI=1S/C21H21NO3/c1-14-18(10-21(23)24)7-6-17-8-9-19(11-20(14)17)25-13-16-4-2-15(12-22)3-5-16/h2-5,8-9,11,14,18H,6-7,10,13H2,1H3,(H,23,24). The lowest BCUT2D eigenvalue weighted by Gasteiger charge is -2.30. The molecule has 1 aliphatic carbocycles. The van der Waals surface area contributed by atoms with Crippen molar-refractivity contribution in [1.29, 1.82) is 5.26 Å². The number of aryl methyl sites for hydroxylation is 1. The molecule has 0 heterocycles. The zero-order chi connectivity index (χ0) is 17.8. The maximum Gasteiger partial charge on any atom is 0.303 e. The van der Waals surface area contributed by atoms with Crippen molar-refractivity contribution in [2.24, 2.45) is 5.92 Å². The van der Waals surface area contributed by atoms with E-state index in [1.165, 1.54) is 11.1 Å². The lowest BCUT2D eigenvalue weighted by atomic mass is 9.74. The molecule has 0 aromatic heterocycles. The Morgan fingerprint density at radius 3 is 2.72 bits per heavy atom. The molecule has 4 heteroatoms. The Hall–Kier alpha value is -2.80. The molecule has 3 rings (SSSR count). The Morgan fingerprint density at radius 2 is 2.04 bits per heavy atom. The van der Waals surface area contributed by atoms with E-state index < -0.39 is 5.97 Å². The molecule has 0 spiro atoms. The van der Waals surface area contributed by atoms with Gasteiger partial charge in [0.15, 0.2) is 0 Å². The second kappa shape index (κ2) is 7.40. The molecule has 128 valence electrons. The molecule has 0 saturated carbocycles. The molecule has 0 radical (unpaired) electrons. The fraction of sp³-hybridized carbons (Fsp3) is 0.333. The summed E-state index contributed by atoms with van der Waals surface area (Å²) in [5.74, 6) is 0.469. The smallest absolute Gasteiger partial charge is 0.303 e. The second-order valence-electron chi connectivity index (χ2n) is 6.64. The Labute approximate surface area is 147 Å². The van der Waals surface area contributed by atoms with E-state index in [4.69, 9.17) is 15.1 Å². The van der Waals surface area contributed by atoms with E-state index in [-0.39, 0.29) is 18.3 Å². The number of hydrogen-bond donors (Lipinski definition) is 1. The van der Waals surface area contributed by atoms with Crippen molar-refractivity contribution in [3.05, 3.63) is 64.7 Å². The molecule has 2 aromatic carbocycles. The average molecular weight is 335 g/mol. The number of carbonyl (C=O) groups is 1. The molecule has 0 aliphatic heterocycles. The van der Waals surface area contributed by atoms with Crippen molar-refractivity contribution in [2.45, 2.75) is 38.7 Å². The van der Waals surface area contributed by atoms with E-state index in [1.54, 1.807) is 12.1 Å². The van der Waals surface area contributed by atoms with Crippen molar-refractivity contribution >= 4 is 5.97 Å². The minimum absolute atomic E-state index is 0.179. The van der Waals surface area contributed by atoms with Crippen LogP contribution in [-0.4, -0.2) is 11.1 Å². The lowest BCUT2D eigenvalue weighted by molar-refractivity contribution is -0.138. The summed E-state index contributed by atoms with van der Waals surface area (Å²) in [6.07, 6.45) is 2.07. The Balaban J connectivity index is 1.71. The Kier molecular flexibility index (Phi) is 5.04. The van der Waals surface area contributed by atoms with Crippen molar-refractivity contribution < 1.29 is 14.6 Å². The number of rotatable bonds is 5. The Bertz CT molecular complexity index is 805. The average Bonchev–Trinajstić information content (AvgIpc) is 2.62. The van der Waals surface area contributed by atoms with Crippen molar-refractivity contribution in [3.8, 4) is 11.8 Å². The molecule has 2 atom stereocenters. The predicted molar refractivity (Wildman–Crippen MR) is 94.4 cm³/mol. The number of ether oxygens (including phenoxy) is 1. The second-order valence-corrected chi connectivity index (χ2v) is 6.64. The van der Waals surface area contributed by atoms with Gasteiger partial charge in [0.1, 0.15) is 12.4 Å². The molecule has 0 saturated heterocycles. The van der Waals surface area contributed by atoms with E-state index in [2.05, 4.69) is 25.1 Å². The van der Waals surface area contributed by atoms with Gasteiger partial charge in [0.2, 0.25) is 0 Å². The van der Waals surface area contributed by atoms with E-state index in [1.807, 2.05) is 18.2 Å². The van der Waals surface area contributed by atoms with Gasteiger partial charge in [-0.05, 0) is 65.6 Å². The van der Waals surface area contributed by atoms with Crippen LogP contribution in [0.3, 0.4) is 0 Å². The zero-order valence-corrected chi connectivity index (χ0v) is 14.2. The van der Waals surface area contributed by atoms with Crippen LogP contribution in [0.25, 0.3) is 0 Å². The fourth-order valence-corrected chi connectivity index (χ4v) is 3.50. The summed E-state index contributed by atoms with van der Waals surface area (Å²) in [5, 5.41) is 17.9. The van der Waals surface area contributed by atoms with E-state index >= 15 is 0 Å². The van der Waals surface area contributed by atoms with Crippen LogP contribution in [0.5, 0.6) is 5.75 Å². The number of hydrogen-bond acceptors (Lipinski definition) is 3. The predicted octanol–water partition coefficient (Wildman–Crippen LogP) is 4.28. The van der Waals surface area contributed by atoms with Gasteiger partial charge in [-0.1, -0.05) is 25.1 Å². The van der Waals surface area contributed by atoms with Crippen LogP contribution in [0.15, 0.2) is 42.5 Å². The first-order valence-electron chi connectivity index (χ1n) is 8.53. The van der Waals surface area contributed by atoms with Crippen LogP contribution in [0.4, 0.5) is 0 Å². The number of fused-ring (bicyclic) bond motifs is 1. The first kappa shape index (κ1) is 17.0. The van der Waals surface area contributed by atoms with Gasteiger partial charge in [0, 0.05) is 6.42 Å². The quantitative estimate of drug-likeness (QED) is 0.885. The van der Waals surface area contributed by atoms with E-state index in [0.717, 1.165) is 24.2 Å². The number of carboxylic acid groups (broad SMARTS) is 1. The molecular formula is C21H21NO3. The van der Waals surface area contributed by atoms with Crippen molar-refractivity contribution in [1.82, 2.24) is 0 Å². The van der Waals surface area contributed by atoms with Gasteiger partial charge in [-0.15, -0.1) is 0 Å². The normalized spacial score (nSPS) is 18.9. The molecule has 2 aromatic rings. The van der Waals surface area contributed by atoms with Crippen LogP contribution >= 0.6 is 0 Å². The van der Waals surface area contributed by atoms with E-state index in [0.29, 0.717) is 12.2 Å². The minimum atomic E-state index is -0.728. The number of nitriles is 1. The summed E-state index contributed by atoms with van der Waals surface area (Å²) in [5.41, 5.74) is 4.14. The van der Waals surface area contributed by atoms with Crippen LogP contribution in [0.2, 0.25) is 0 Å². The van der Waals surface area contributed by atoms with Crippen LogP contribution in [0, 0.1) is 17.2 Å². The SMILES string of the molecule is CC1c2cc(OCc3ccc(C#N)cc3)ccc2CCC1CC(=O)O. The Morgan fingerprint density at radius 1 is 1.28 bits per heavy atom. The number of aliphatic carboxylic acids is 1. The van der Waals surface area contributed by atoms with Gasteiger partial charge in [0.05, 0.1) is 11.6 Å². The van der Waals surface area contributed by atoms with Crippen molar-refractivity contribution in [2.75, 3.05) is 0 Å². The lowest BCUT2D eigenvalue weighted by Crippen LogP contribution is -2.21. The number of carboxylic acids is 1. The molecule has 0 fully saturated rings. The summed E-state index contributed by atoms with van der Waals surface area (Å²) >= 11 is 0. The highest BCUT2D eigenvalue weighted by Crippen LogP contribution is 2.39. The van der Waals surface area contributed by atoms with Crippen LogP contribution in [-0.2, 0) is 17.8 Å². The van der Waals surface area contributed by atoms with Crippen molar-refractivity contribution in [3.63, 3.8) is 0 Å². The topological polar surface area (TPSA) is 70.3 Å². The molecule has 0 bridgehead atoms. The highest BCUT2D eigenvalue weighted by Gasteiger charge is 2.28. The summed E-state index contributed by atoms with van der Waals surface area (Å²) in [6, 6.07) is 15.6. The maximum atomic E-state index is 11.1. The van der Waals surface area contributed by atoms with Crippen LogP contribution in [0.1, 0.15) is 47.9 Å². The molecule has 0 amide bonds. The largest absolute Gasteiger partial charge is 0.489 e. The molecule has 1 N–H and O–H groups in total. The van der Waals surface area contributed by atoms with Gasteiger partial charge in [-0.2, -0.15) is 5.26 Å². The highest BCUT2D eigenvalue weighted by molar-refractivity contribution is 5.67. The zero-order valence-electron chi connectivity index (χ0n) is 14.2. The van der Waals surface area contributed by atoms with Gasteiger partial charge < -0.3 is 9.84 Å². The summed E-state index contributed by atoms with van der Waals surface area (Å²) < 4.78 is 5.90. The fourth-order valence-electron chi connectivity index (χ4n) is 3.50. The van der Waals surface area contributed by atoms with Crippen LogP contribution < -0.4 is 4.74 Å². The molecule has 1 aliphatic rings. The first-order valence-corrected chi connectivity index (χ1v) is 8.53. The summed E-state index contributed by atoms with van der Waals surface area (Å²) in [6.45, 7) is 2.55. The molecule has 4 nitrogen and oxygen atoms in total. The first-order chi connectivity index (χ1) is 12.1. The minimum Gasteiger partial charge on any atom is -0.489 e. The van der Waals surface area contributed by atoms with Gasteiger partial charge in [0.25, 0.3) is 0 Å². The molecule has 25 heavy (non-hydrogen) atoms. The van der Waals surface area contributed by atoms with Gasteiger partial charge >= 0.3 is 5.97 Å². The highest BCUT2D eigenvalue weighted by atomic mass is 16.5. The third-order valence-corrected chi connectivity index (χ3v) is 5.02. The third kappa shape index (κ3) is 4.00. The summed E-state index contributed by atoms with van der Waals surface area (Å²) in [7, 11) is 0. The maximum absolute atomic E-state index is 11.1. The molecular weight excluding hydrogens is 314 g/mol. The monoisotopic (exact) mass is 335 g/mol. The number of benzene rings is 2. The molecule has 2 unspecified atom stereocenters.